The van der Waals surface area contributed by atoms with E-state index in [1.54, 1.807) is 0 Å². The van der Waals surface area contributed by atoms with Crippen LogP contribution in [0.4, 0.5) is 5.69 Å². The van der Waals surface area contributed by atoms with Gasteiger partial charge in [0, 0.05) is 25.3 Å². The van der Waals surface area contributed by atoms with Gasteiger partial charge in [0.05, 0.1) is 0 Å². The number of rotatable bonds is 2. The van der Waals surface area contributed by atoms with E-state index in [0.717, 1.165) is 11.8 Å². The van der Waals surface area contributed by atoms with Crippen molar-refractivity contribution in [2.24, 2.45) is 17.6 Å². The molecule has 2 nitrogen and oxygen atoms in total. The van der Waals surface area contributed by atoms with Crippen LogP contribution >= 0.6 is 0 Å². The third kappa shape index (κ3) is 2.26. The molecule has 18 heavy (non-hydrogen) atoms. The van der Waals surface area contributed by atoms with E-state index in [1.807, 2.05) is 0 Å². The third-order valence-electron chi connectivity index (χ3n) is 4.69. The first-order valence-corrected chi connectivity index (χ1v) is 7.31. The third-order valence-corrected chi connectivity index (χ3v) is 4.69. The summed E-state index contributed by atoms with van der Waals surface area (Å²) in [6.45, 7) is 5.39. The van der Waals surface area contributed by atoms with Crippen molar-refractivity contribution < 1.29 is 0 Å². The van der Waals surface area contributed by atoms with Crippen LogP contribution in [-0.2, 0) is 6.54 Å². The highest BCUT2D eigenvalue weighted by molar-refractivity contribution is 5.55. The van der Waals surface area contributed by atoms with Gasteiger partial charge in [0.15, 0.2) is 0 Å². The Bertz CT molecular complexity index is 415. The molecule has 1 heterocycles. The van der Waals surface area contributed by atoms with Crippen LogP contribution in [0.25, 0.3) is 0 Å². The van der Waals surface area contributed by atoms with Gasteiger partial charge in [0.1, 0.15) is 0 Å². The lowest BCUT2D eigenvalue weighted by atomic mass is 9.77. The Morgan fingerprint density at radius 1 is 1.22 bits per heavy atom. The lowest BCUT2D eigenvalue weighted by Crippen LogP contribution is -2.43. The standard InChI is InChI=1S/C16H24N2/c1-12-7-13(9-17)5-6-16(12)18-10-14-3-2-4-15(8-14)11-18/h5-7,14-15H,2-4,8-11,17H2,1H3. The van der Waals surface area contributed by atoms with Gasteiger partial charge in [-0.05, 0) is 55.2 Å². The van der Waals surface area contributed by atoms with Crippen molar-refractivity contribution in [3.05, 3.63) is 29.3 Å². The zero-order chi connectivity index (χ0) is 12.5. The molecule has 2 N–H and O–H groups in total. The topological polar surface area (TPSA) is 29.3 Å². The molecular weight excluding hydrogens is 220 g/mol. The monoisotopic (exact) mass is 244 g/mol. The van der Waals surface area contributed by atoms with Crippen LogP contribution in [0, 0.1) is 18.8 Å². The van der Waals surface area contributed by atoms with E-state index in [-0.39, 0.29) is 0 Å². The van der Waals surface area contributed by atoms with E-state index >= 15 is 0 Å². The highest BCUT2D eigenvalue weighted by Crippen LogP contribution is 2.37. The lowest BCUT2D eigenvalue weighted by molar-refractivity contribution is 0.231. The molecule has 2 atom stereocenters. The molecule has 1 aromatic carbocycles. The Balaban J connectivity index is 1.82. The zero-order valence-electron chi connectivity index (χ0n) is 11.4. The minimum Gasteiger partial charge on any atom is -0.371 e. The molecule has 0 amide bonds. The Labute approximate surface area is 110 Å². The zero-order valence-corrected chi connectivity index (χ0v) is 11.4. The quantitative estimate of drug-likeness (QED) is 0.866. The number of hydrogen-bond acceptors (Lipinski definition) is 2. The fourth-order valence-corrected chi connectivity index (χ4v) is 3.83. The summed E-state index contributed by atoms with van der Waals surface area (Å²) in [5.41, 5.74) is 9.77. The summed E-state index contributed by atoms with van der Waals surface area (Å²) < 4.78 is 0. The molecule has 1 aromatic rings. The van der Waals surface area contributed by atoms with Crippen molar-refractivity contribution in [3.8, 4) is 0 Å². The first-order chi connectivity index (χ1) is 8.76. The molecule has 1 saturated heterocycles. The van der Waals surface area contributed by atoms with E-state index in [2.05, 4.69) is 30.0 Å². The van der Waals surface area contributed by atoms with Crippen molar-refractivity contribution in [3.63, 3.8) is 0 Å². The van der Waals surface area contributed by atoms with Crippen molar-refractivity contribution in [2.75, 3.05) is 18.0 Å². The predicted octanol–water partition coefficient (Wildman–Crippen LogP) is 3.08. The molecule has 1 aliphatic heterocycles. The molecule has 2 unspecified atom stereocenters. The fraction of sp³-hybridized carbons (Fsp3) is 0.625. The van der Waals surface area contributed by atoms with Crippen LogP contribution in [-0.4, -0.2) is 13.1 Å². The number of nitrogens with two attached hydrogens (primary N) is 1. The highest BCUT2D eigenvalue weighted by Gasteiger charge is 2.30. The number of anilines is 1. The van der Waals surface area contributed by atoms with Gasteiger partial charge in [0.2, 0.25) is 0 Å². The maximum absolute atomic E-state index is 5.71. The first kappa shape index (κ1) is 12.0. The molecule has 0 aromatic heterocycles. The van der Waals surface area contributed by atoms with Gasteiger partial charge in [-0.1, -0.05) is 18.6 Å². The Kier molecular flexibility index (Phi) is 3.29. The van der Waals surface area contributed by atoms with Gasteiger partial charge >= 0.3 is 0 Å². The van der Waals surface area contributed by atoms with Gasteiger partial charge in [0.25, 0.3) is 0 Å². The van der Waals surface area contributed by atoms with E-state index in [9.17, 15) is 0 Å². The summed E-state index contributed by atoms with van der Waals surface area (Å²) in [6, 6.07) is 6.71. The van der Waals surface area contributed by atoms with Crippen LogP contribution in [0.2, 0.25) is 0 Å². The van der Waals surface area contributed by atoms with Gasteiger partial charge in [-0.2, -0.15) is 0 Å². The maximum atomic E-state index is 5.71. The first-order valence-electron chi connectivity index (χ1n) is 7.31. The molecule has 1 aliphatic carbocycles. The van der Waals surface area contributed by atoms with Crippen LogP contribution in [0.1, 0.15) is 36.8 Å². The normalized spacial score (nSPS) is 27.3. The predicted molar refractivity (Wildman–Crippen MR) is 76.7 cm³/mol. The van der Waals surface area contributed by atoms with Gasteiger partial charge in [-0.25, -0.2) is 0 Å². The molecule has 2 fully saturated rings. The number of benzene rings is 1. The second-order valence-electron chi connectivity index (χ2n) is 6.13. The Hall–Kier alpha value is -1.02. The number of hydrogen-bond donors (Lipinski definition) is 1. The average molecular weight is 244 g/mol. The maximum Gasteiger partial charge on any atom is 0.0396 e. The Morgan fingerprint density at radius 2 is 1.94 bits per heavy atom. The van der Waals surface area contributed by atoms with E-state index in [1.165, 1.54) is 55.6 Å². The summed E-state index contributed by atoms with van der Waals surface area (Å²) in [4.78, 5) is 2.62. The second-order valence-corrected chi connectivity index (χ2v) is 6.13. The highest BCUT2D eigenvalue weighted by atomic mass is 15.1. The molecule has 2 aliphatic rings. The molecule has 0 radical (unpaired) electrons. The van der Waals surface area contributed by atoms with Crippen LogP contribution in [0.3, 0.4) is 0 Å². The van der Waals surface area contributed by atoms with Gasteiger partial charge < -0.3 is 10.6 Å². The van der Waals surface area contributed by atoms with Crippen LogP contribution in [0.5, 0.6) is 0 Å². The molecule has 3 rings (SSSR count). The van der Waals surface area contributed by atoms with E-state index < -0.39 is 0 Å². The molecule has 98 valence electrons. The average Bonchev–Trinajstić information content (AvgIpc) is 2.38. The number of nitrogens with zero attached hydrogens (tertiary/aromatic N) is 1. The number of aryl methyl sites for hydroxylation is 1. The fourth-order valence-electron chi connectivity index (χ4n) is 3.83. The summed E-state index contributed by atoms with van der Waals surface area (Å²) in [6.07, 6.45) is 5.80. The van der Waals surface area contributed by atoms with Crippen LogP contribution < -0.4 is 10.6 Å². The lowest BCUT2D eigenvalue weighted by Gasteiger charge is -2.43. The van der Waals surface area contributed by atoms with Crippen molar-refractivity contribution in [2.45, 2.75) is 39.2 Å². The largest absolute Gasteiger partial charge is 0.371 e. The molecular formula is C16H24N2. The molecule has 1 saturated carbocycles. The van der Waals surface area contributed by atoms with Crippen LogP contribution in [0.15, 0.2) is 18.2 Å². The summed E-state index contributed by atoms with van der Waals surface area (Å²) in [7, 11) is 0. The summed E-state index contributed by atoms with van der Waals surface area (Å²) in [5.74, 6) is 1.87. The summed E-state index contributed by atoms with van der Waals surface area (Å²) >= 11 is 0. The van der Waals surface area contributed by atoms with Gasteiger partial charge in [-0.15, -0.1) is 0 Å². The molecule has 2 heteroatoms. The SMILES string of the molecule is Cc1cc(CN)ccc1N1CC2CCCC(C2)C1. The van der Waals surface area contributed by atoms with Crippen molar-refractivity contribution in [1.29, 1.82) is 0 Å². The van der Waals surface area contributed by atoms with Crippen molar-refractivity contribution in [1.82, 2.24) is 0 Å². The van der Waals surface area contributed by atoms with E-state index in [0.29, 0.717) is 6.54 Å². The number of fused-ring (bicyclic) bond motifs is 2. The van der Waals surface area contributed by atoms with Gasteiger partial charge in [-0.3, -0.25) is 0 Å². The Morgan fingerprint density at radius 3 is 2.56 bits per heavy atom. The second kappa shape index (κ2) is 4.93. The smallest absolute Gasteiger partial charge is 0.0396 e. The van der Waals surface area contributed by atoms with E-state index in [4.69, 9.17) is 5.73 Å². The molecule has 0 spiro atoms. The minimum absolute atomic E-state index is 0.645. The minimum atomic E-state index is 0.645. The summed E-state index contributed by atoms with van der Waals surface area (Å²) in [5, 5.41) is 0. The molecule has 2 bridgehead atoms. The number of piperidine rings is 1. The van der Waals surface area contributed by atoms with Crippen molar-refractivity contribution >= 4 is 5.69 Å².